The van der Waals surface area contributed by atoms with Crippen LogP contribution in [0.15, 0.2) is 0 Å². The molecule has 92 valence electrons. The molecular weight excluding hydrogens is 360 g/mol. The molecule has 5 heteroatoms. The Kier molecular flexibility index (Phi) is 31.4. The van der Waals surface area contributed by atoms with Crippen LogP contribution in [0.4, 0.5) is 0 Å². The molecule has 1 nitrogen and oxygen atoms in total. The zero-order chi connectivity index (χ0) is 11.4. The summed E-state index contributed by atoms with van der Waals surface area (Å²) >= 11 is 5.67. The summed E-state index contributed by atoms with van der Waals surface area (Å²) < 4.78 is 0. The summed E-state index contributed by atoms with van der Waals surface area (Å²) in [6.07, 6.45) is 6.98. The molecule has 0 aromatic heterocycles. The number of halogens is 2. The van der Waals surface area contributed by atoms with E-state index in [1.165, 1.54) is 25.7 Å². The molecule has 0 aliphatic heterocycles. The molecule has 0 aromatic rings. The Balaban J connectivity index is -0.0000000904. The van der Waals surface area contributed by atoms with E-state index in [-0.39, 0.29) is 53.5 Å². The molecule has 0 unspecified atom stereocenters. The fourth-order valence-electron chi connectivity index (χ4n) is 0.808. The average molecular weight is 384 g/mol. The van der Waals surface area contributed by atoms with Crippen LogP contribution in [-0.4, -0.2) is 7.38 Å². The van der Waals surface area contributed by atoms with Crippen LogP contribution < -0.4 is 53.5 Å². The minimum Gasteiger partial charge on any atom is -1.00 e. The zero-order valence-corrected chi connectivity index (χ0v) is 17.4. The van der Waals surface area contributed by atoms with Gasteiger partial charge in [0.15, 0.2) is 0 Å². The van der Waals surface area contributed by atoms with Gasteiger partial charge in [-0.3, -0.25) is 0 Å². The van der Waals surface area contributed by atoms with Crippen LogP contribution in [0.3, 0.4) is 0 Å². The largest absolute Gasteiger partial charge is 1.00 e. The van der Waals surface area contributed by atoms with Gasteiger partial charge in [-0.15, -0.1) is 0 Å². The van der Waals surface area contributed by atoms with Crippen LogP contribution in [0.25, 0.3) is 0 Å². The van der Waals surface area contributed by atoms with Gasteiger partial charge in [-0.2, -0.15) is 16.3 Å². The normalized spacial score (nSPS) is 8.75. The molecule has 16 heavy (non-hydrogen) atoms. The van der Waals surface area contributed by atoms with Crippen molar-refractivity contribution in [3.8, 4) is 6.07 Å². The molecule has 0 amide bonds. The zero-order valence-electron chi connectivity index (χ0n) is 11.4. The molecule has 0 radical (unpaired) electrons. The number of nitriles is 1. The van der Waals surface area contributed by atoms with Gasteiger partial charge in [-0.1, -0.05) is 52.2 Å². The van der Waals surface area contributed by atoms with Gasteiger partial charge in [0.05, 0.1) is 6.07 Å². The van der Waals surface area contributed by atoms with Crippen molar-refractivity contribution >= 4 is 18.5 Å². The van der Waals surface area contributed by atoms with Crippen molar-refractivity contribution in [1.29, 1.82) is 5.26 Å². The van der Waals surface area contributed by atoms with E-state index in [1.807, 2.05) is 0 Å². The van der Waals surface area contributed by atoms with E-state index < -0.39 is 7.38 Å². The van der Waals surface area contributed by atoms with Gasteiger partial charge in [0.25, 0.3) is 0 Å². The van der Waals surface area contributed by atoms with Gasteiger partial charge in [-0.25, -0.2) is 0 Å². The maximum Gasteiger partial charge on any atom is 1.00 e. The maximum absolute atomic E-state index is 8.17. The molecule has 0 saturated heterocycles. The Labute approximate surface area is 147 Å². The minimum absolute atomic E-state index is 0. The van der Waals surface area contributed by atoms with E-state index in [4.69, 9.17) is 16.3 Å². The van der Waals surface area contributed by atoms with Crippen LogP contribution in [0, 0.1) is 11.3 Å². The van der Waals surface area contributed by atoms with Gasteiger partial charge in [0.1, 0.15) is 7.38 Å². The van der Waals surface area contributed by atoms with E-state index in [0.717, 1.165) is 12.8 Å². The first kappa shape index (κ1) is 26.3. The molecule has 0 bridgehead atoms. The van der Waals surface area contributed by atoms with E-state index in [9.17, 15) is 0 Å². The van der Waals surface area contributed by atoms with Gasteiger partial charge in [0, 0.05) is 6.42 Å². The smallest absolute Gasteiger partial charge is 1.00 e. The first-order chi connectivity index (χ1) is 6.41. The van der Waals surface area contributed by atoms with Gasteiger partial charge < -0.3 is 24.0 Å². The Hall–Kier alpha value is 1.73. The van der Waals surface area contributed by atoms with Crippen molar-refractivity contribution < 1.29 is 53.5 Å². The molecule has 0 aliphatic rings. The quantitative estimate of drug-likeness (QED) is 0.257. The number of hydrogen-bond acceptors (Lipinski definition) is 1. The molecule has 0 spiro atoms. The van der Waals surface area contributed by atoms with E-state index in [0.29, 0.717) is 0 Å². The second-order valence-corrected chi connectivity index (χ2v) is 11.9. The predicted octanol–water partition coefficient (Wildman–Crippen LogP) is -1.06. The van der Waals surface area contributed by atoms with E-state index in [2.05, 4.69) is 32.6 Å². The minimum atomic E-state index is -1.14. The Morgan fingerprint density at radius 1 is 1.06 bits per heavy atom. The third kappa shape index (κ3) is 57.1. The van der Waals surface area contributed by atoms with Crippen LogP contribution in [0.1, 0.15) is 45.4 Å². The predicted molar refractivity (Wildman–Crippen MR) is 68.2 cm³/mol. The fourth-order valence-corrected chi connectivity index (χ4v) is 0.808. The van der Waals surface area contributed by atoms with Gasteiger partial charge in [0.2, 0.25) is 0 Å². The molecule has 0 fully saturated rings. The van der Waals surface area contributed by atoms with Crippen LogP contribution >= 0.6 is 11.1 Å². The molecule has 0 N–H and O–H groups in total. The number of unbranched alkanes of at least 4 members (excludes halogenated alkanes) is 5. The average Bonchev–Trinajstić information content (AvgIpc) is 2.01. The summed E-state index contributed by atoms with van der Waals surface area (Å²) in [5.74, 6) is 0. The maximum atomic E-state index is 8.17. The molecule has 0 atom stereocenters. The van der Waals surface area contributed by atoms with Gasteiger partial charge in [-0.05, 0) is 6.42 Å². The first-order valence-corrected chi connectivity index (χ1v) is 9.99. The molecule has 0 heterocycles. The van der Waals surface area contributed by atoms with Crippen molar-refractivity contribution in [3.05, 3.63) is 0 Å². The Morgan fingerprint density at radius 3 is 1.75 bits per heavy atom. The molecule has 0 rings (SSSR count). The van der Waals surface area contributed by atoms with E-state index >= 15 is 0 Å². The summed E-state index contributed by atoms with van der Waals surface area (Å²) in [4.78, 5) is 0. The van der Waals surface area contributed by atoms with Crippen molar-refractivity contribution in [3.63, 3.8) is 0 Å². The Bertz CT molecular complexity index is 151. The summed E-state index contributed by atoms with van der Waals surface area (Å²) in [6.45, 7) is 8.47. The number of nitrogens with zero attached hydrogens (tertiary/aromatic N) is 1. The summed E-state index contributed by atoms with van der Waals surface area (Å²) in [7, 11) is -1.14. The summed E-state index contributed by atoms with van der Waals surface area (Å²) in [5.41, 5.74) is 0. The van der Waals surface area contributed by atoms with Crippen molar-refractivity contribution in [2.75, 3.05) is 0 Å². The standard InChI is InChI=1S/C8H15N.C3H9ClSi.HI.Na/c1-2-3-4-5-6-7-8-9;1-5(2,3)4;;/h2-7H2,1H3;1-3H3;1H;/q;;;+1/p-1. The van der Waals surface area contributed by atoms with Crippen molar-refractivity contribution in [2.45, 2.75) is 65.1 Å². The summed E-state index contributed by atoms with van der Waals surface area (Å²) in [6, 6.07) is 2.14. The number of hydrogen-bond donors (Lipinski definition) is 0. The third-order valence-corrected chi connectivity index (χ3v) is 1.39. The third-order valence-electron chi connectivity index (χ3n) is 1.39. The number of rotatable bonds is 5. The molecule has 0 aromatic carbocycles. The van der Waals surface area contributed by atoms with Gasteiger partial charge >= 0.3 is 29.6 Å². The SMILES string of the molecule is CCCCCCCC#N.C[Si](C)(C)Cl.[I-].[Na+]. The van der Waals surface area contributed by atoms with E-state index in [1.54, 1.807) is 0 Å². The van der Waals surface area contributed by atoms with Crippen molar-refractivity contribution in [1.82, 2.24) is 0 Å². The molecule has 0 aliphatic carbocycles. The summed E-state index contributed by atoms with van der Waals surface area (Å²) in [5, 5.41) is 8.17. The van der Waals surface area contributed by atoms with Crippen LogP contribution in [0.5, 0.6) is 0 Å². The molecule has 0 saturated carbocycles. The Morgan fingerprint density at radius 2 is 1.44 bits per heavy atom. The van der Waals surface area contributed by atoms with Crippen molar-refractivity contribution in [2.24, 2.45) is 0 Å². The fraction of sp³-hybridized carbons (Fsp3) is 0.909. The molecular formula is C11H24ClINNaSi. The van der Waals surface area contributed by atoms with Crippen LogP contribution in [-0.2, 0) is 0 Å². The second-order valence-electron chi connectivity index (χ2n) is 4.39. The first-order valence-electron chi connectivity index (χ1n) is 5.47. The monoisotopic (exact) mass is 383 g/mol. The second kappa shape index (κ2) is 19.1. The topological polar surface area (TPSA) is 23.8 Å². The van der Waals surface area contributed by atoms with Crippen LogP contribution in [0.2, 0.25) is 19.6 Å².